The summed E-state index contributed by atoms with van der Waals surface area (Å²) in [5.74, 6) is -1.58. The lowest BCUT2D eigenvalue weighted by atomic mass is 10.1. The Morgan fingerprint density at radius 3 is 2.75 bits per heavy atom. The van der Waals surface area contributed by atoms with Crippen LogP contribution in [0, 0.1) is 6.92 Å². The van der Waals surface area contributed by atoms with E-state index in [-0.39, 0.29) is 10.6 Å². The zero-order valence-electron chi connectivity index (χ0n) is 12.6. The molecule has 0 saturated heterocycles. The Balaban J connectivity index is 1.94. The molecule has 0 radical (unpaired) electrons. The highest BCUT2D eigenvalue weighted by atomic mass is 35.5. The van der Waals surface area contributed by atoms with Gasteiger partial charge in [0.1, 0.15) is 5.75 Å². The second kappa shape index (κ2) is 5.92. The number of fused-ring (bicyclic) bond motifs is 1. The lowest BCUT2D eigenvalue weighted by Crippen LogP contribution is -2.29. The Bertz CT molecular complexity index is 970. The summed E-state index contributed by atoms with van der Waals surface area (Å²) < 4.78 is 24.2. The summed E-state index contributed by atoms with van der Waals surface area (Å²) in [4.78, 5) is 23.8. The fourth-order valence-electron chi connectivity index (χ4n) is 2.45. The van der Waals surface area contributed by atoms with E-state index in [1.165, 1.54) is 18.2 Å². The number of hydrogen-bond donors (Lipinski definition) is 2. The molecule has 0 bridgehead atoms. The highest BCUT2D eigenvalue weighted by Crippen LogP contribution is 2.30. The quantitative estimate of drug-likeness (QED) is 0.856. The number of benzene rings is 2. The molecule has 0 fully saturated rings. The molecule has 0 saturated carbocycles. The van der Waals surface area contributed by atoms with Crippen LogP contribution in [0.4, 0.5) is 11.4 Å². The molecule has 1 aliphatic heterocycles. The third kappa shape index (κ3) is 3.00. The predicted molar refractivity (Wildman–Crippen MR) is 91.3 cm³/mol. The van der Waals surface area contributed by atoms with E-state index in [4.69, 9.17) is 11.6 Å². The van der Waals surface area contributed by atoms with Gasteiger partial charge in [-0.25, -0.2) is 8.42 Å². The van der Waals surface area contributed by atoms with Crippen molar-refractivity contribution in [3.63, 3.8) is 0 Å². The smallest absolute Gasteiger partial charge is 0.255 e. The van der Waals surface area contributed by atoms with E-state index in [0.717, 1.165) is 0 Å². The van der Waals surface area contributed by atoms with Gasteiger partial charge < -0.3 is 10.6 Å². The maximum Gasteiger partial charge on any atom is 0.255 e. The molecular formula is C16H13ClN2O4S. The first kappa shape index (κ1) is 16.5. The van der Waals surface area contributed by atoms with Crippen molar-refractivity contribution in [2.45, 2.75) is 11.8 Å². The summed E-state index contributed by atoms with van der Waals surface area (Å²) in [5, 5.41) is 5.62. The molecule has 2 amide bonds. The van der Waals surface area contributed by atoms with Crippen LogP contribution in [0.1, 0.15) is 15.9 Å². The number of carbonyl (C=O) groups is 2. The van der Waals surface area contributed by atoms with Crippen LogP contribution in [0.3, 0.4) is 0 Å². The number of rotatable bonds is 2. The maximum absolute atomic E-state index is 12.4. The number of amides is 2. The van der Waals surface area contributed by atoms with Gasteiger partial charge in [0.15, 0.2) is 9.84 Å². The Kier molecular flexibility index (Phi) is 4.06. The molecule has 0 unspecified atom stereocenters. The van der Waals surface area contributed by atoms with Crippen LogP contribution in [0.25, 0.3) is 0 Å². The van der Waals surface area contributed by atoms with Gasteiger partial charge in [0.05, 0.1) is 10.6 Å². The number of halogens is 1. The van der Waals surface area contributed by atoms with Gasteiger partial charge in [0.25, 0.3) is 5.91 Å². The van der Waals surface area contributed by atoms with E-state index in [1.54, 1.807) is 25.1 Å². The molecule has 0 spiro atoms. The second-order valence-electron chi connectivity index (χ2n) is 5.38. The molecular weight excluding hydrogens is 352 g/mol. The van der Waals surface area contributed by atoms with Gasteiger partial charge in [-0.05, 0) is 42.8 Å². The Hall–Kier alpha value is -2.38. The molecule has 6 nitrogen and oxygen atoms in total. The largest absolute Gasteiger partial charge is 0.324 e. The first-order chi connectivity index (χ1) is 11.3. The van der Waals surface area contributed by atoms with E-state index in [9.17, 15) is 18.0 Å². The summed E-state index contributed by atoms with van der Waals surface area (Å²) in [5.41, 5.74) is 1.56. The van der Waals surface area contributed by atoms with Crippen molar-refractivity contribution < 1.29 is 18.0 Å². The molecule has 0 aromatic heterocycles. The highest BCUT2D eigenvalue weighted by molar-refractivity contribution is 7.92. The van der Waals surface area contributed by atoms with Gasteiger partial charge in [-0.2, -0.15) is 0 Å². The standard InChI is InChI=1S/C16H13ClN2O4S/c1-9-11(3-2-4-12(9)17)16(21)18-10-5-6-13-14(7-10)24(22,23)8-15(20)19-13/h2-7H,8H2,1H3,(H,18,21)(H,19,20). The van der Waals surface area contributed by atoms with Gasteiger partial charge in [-0.1, -0.05) is 17.7 Å². The summed E-state index contributed by atoms with van der Waals surface area (Å²) in [6, 6.07) is 9.29. The minimum atomic E-state index is -3.71. The first-order valence-electron chi connectivity index (χ1n) is 7.01. The van der Waals surface area contributed by atoms with Crippen molar-refractivity contribution in [1.82, 2.24) is 0 Å². The summed E-state index contributed by atoms with van der Waals surface area (Å²) in [7, 11) is -3.71. The summed E-state index contributed by atoms with van der Waals surface area (Å²) in [6.07, 6.45) is 0. The number of hydrogen-bond acceptors (Lipinski definition) is 4. The van der Waals surface area contributed by atoms with Gasteiger partial charge in [-0.3, -0.25) is 9.59 Å². The number of carbonyl (C=O) groups excluding carboxylic acids is 2. The Labute approximate surface area is 143 Å². The predicted octanol–water partition coefficient (Wildman–Crippen LogP) is 2.63. The summed E-state index contributed by atoms with van der Waals surface area (Å²) >= 11 is 6.01. The third-order valence-corrected chi connectivity index (χ3v) is 5.74. The normalized spacial score (nSPS) is 15.3. The van der Waals surface area contributed by atoms with Gasteiger partial charge in [-0.15, -0.1) is 0 Å². The molecule has 0 atom stereocenters. The molecule has 124 valence electrons. The molecule has 0 aliphatic carbocycles. The molecule has 2 aromatic carbocycles. The fraction of sp³-hybridized carbons (Fsp3) is 0.125. The van der Waals surface area contributed by atoms with Crippen LogP contribution in [0.5, 0.6) is 0 Å². The van der Waals surface area contributed by atoms with Crippen molar-refractivity contribution in [2.24, 2.45) is 0 Å². The van der Waals surface area contributed by atoms with E-state index >= 15 is 0 Å². The average molecular weight is 365 g/mol. The van der Waals surface area contributed by atoms with Gasteiger partial charge >= 0.3 is 0 Å². The van der Waals surface area contributed by atoms with Crippen LogP contribution >= 0.6 is 11.6 Å². The second-order valence-corrected chi connectivity index (χ2v) is 7.75. The highest BCUT2D eigenvalue weighted by Gasteiger charge is 2.29. The van der Waals surface area contributed by atoms with E-state index in [0.29, 0.717) is 21.8 Å². The van der Waals surface area contributed by atoms with Crippen molar-refractivity contribution in [1.29, 1.82) is 0 Å². The molecule has 2 N–H and O–H groups in total. The van der Waals surface area contributed by atoms with E-state index < -0.39 is 27.4 Å². The zero-order valence-corrected chi connectivity index (χ0v) is 14.2. The number of sulfone groups is 1. The number of nitrogens with one attached hydrogen (secondary N) is 2. The van der Waals surface area contributed by atoms with Crippen molar-refractivity contribution in [3.8, 4) is 0 Å². The lowest BCUT2D eigenvalue weighted by Gasteiger charge is -2.18. The molecule has 8 heteroatoms. The van der Waals surface area contributed by atoms with Crippen molar-refractivity contribution in [3.05, 3.63) is 52.5 Å². The number of anilines is 2. The summed E-state index contributed by atoms with van der Waals surface area (Å²) in [6.45, 7) is 1.73. The minimum Gasteiger partial charge on any atom is -0.324 e. The third-order valence-electron chi connectivity index (χ3n) is 3.68. The van der Waals surface area contributed by atoms with Crippen LogP contribution in [-0.4, -0.2) is 26.0 Å². The zero-order chi connectivity index (χ0) is 17.5. The lowest BCUT2D eigenvalue weighted by molar-refractivity contribution is -0.114. The van der Waals surface area contributed by atoms with Gasteiger partial charge in [0.2, 0.25) is 5.91 Å². The Morgan fingerprint density at radius 2 is 2.00 bits per heavy atom. The fourth-order valence-corrected chi connectivity index (χ4v) is 3.96. The SMILES string of the molecule is Cc1c(Cl)cccc1C(=O)Nc1ccc2c(c1)S(=O)(=O)CC(=O)N2. The first-order valence-corrected chi connectivity index (χ1v) is 9.04. The van der Waals surface area contributed by atoms with E-state index in [1.807, 2.05) is 0 Å². The topological polar surface area (TPSA) is 92.3 Å². The van der Waals surface area contributed by atoms with Crippen molar-refractivity contribution >= 4 is 44.6 Å². The molecule has 2 aromatic rings. The van der Waals surface area contributed by atoms with E-state index in [2.05, 4.69) is 10.6 Å². The van der Waals surface area contributed by atoms with Crippen LogP contribution in [0.15, 0.2) is 41.3 Å². The Morgan fingerprint density at radius 1 is 1.25 bits per heavy atom. The van der Waals surface area contributed by atoms with Crippen LogP contribution in [-0.2, 0) is 14.6 Å². The minimum absolute atomic E-state index is 0.0114. The molecule has 1 aliphatic rings. The molecule has 24 heavy (non-hydrogen) atoms. The van der Waals surface area contributed by atoms with Crippen LogP contribution < -0.4 is 10.6 Å². The maximum atomic E-state index is 12.4. The molecule has 1 heterocycles. The van der Waals surface area contributed by atoms with Crippen molar-refractivity contribution in [2.75, 3.05) is 16.4 Å². The monoisotopic (exact) mass is 364 g/mol. The van der Waals surface area contributed by atoms with Gasteiger partial charge in [0, 0.05) is 16.3 Å². The van der Waals surface area contributed by atoms with Crippen LogP contribution in [0.2, 0.25) is 5.02 Å². The average Bonchev–Trinajstić information content (AvgIpc) is 2.50. The molecule has 3 rings (SSSR count).